The van der Waals surface area contributed by atoms with Crippen molar-refractivity contribution in [2.45, 2.75) is 0 Å². The van der Waals surface area contributed by atoms with Gasteiger partial charge in [0, 0.05) is 15.4 Å². The molecule has 3 rings (SSSR count). The molecular formula is C13H9BrN2O2. The molecule has 0 atom stereocenters. The molecule has 2 aromatic heterocycles. The second-order valence-electron chi connectivity index (χ2n) is 4.01. The van der Waals surface area contributed by atoms with Gasteiger partial charge in [-0.1, -0.05) is 22.0 Å². The van der Waals surface area contributed by atoms with Gasteiger partial charge in [0.25, 0.3) is 0 Å². The Balaban J connectivity index is 2.10. The quantitative estimate of drug-likeness (QED) is 0.677. The number of rotatable bonds is 2. The molecule has 2 heterocycles. The van der Waals surface area contributed by atoms with E-state index in [2.05, 4.69) is 25.9 Å². The predicted octanol–water partition coefficient (Wildman–Crippen LogP) is 3.62. The fourth-order valence-corrected chi connectivity index (χ4v) is 2.28. The number of aromatic amines is 2. The van der Waals surface area contributed by atoms with Crippen molar-refractivity contribution in [2.75, 3.05) is 0 Å². The van der Waals surface area contributed by atoms with Gasteiger partial charge in [-0.2, -0.15) is 0 Å². The Labute approximate surface area is 111 Å². The lowest BCUT2D eigenvalue weighted by atomic mass is 10.2. The highest BCUT2D eigenvalue weighted by atomic mass is 79.9. The van der Waals surface area contributed by atoms with Crippen molar-refractivity contribution in [2.24, 2.45) is 0 Å². The maximum Gasteiger partial charge on any atom is 0.352 e. The first-order valence-electron chi connectivity index (χ1n) is 5.34. The van der Waals surface area contributed by atoms with Crippen LogP contribution in [0.3, 0.4) is 0 Å². The average molecular weight is 305 g/mol. The highest BCUT2D eigenvalue weighted by molar-refractivity contribution is 9.10. The Morgan fingerprint density at radius 3 is 2.61 bits per heavy atom. The van der Waals surface area contributed by atoms with Crippen LogP contribution in [-0.2, 0) is 0 Å². The van der Waals surface area contributed by atoms with Gasteiger partial charge in [-0.15, -0.1) is 0 Å². The second kappa shape index (κ2) is 4.03. The molecule has 0 amide bonds. The van der Waals surface area contributed by atoms with E-state index in [4.69, 9.17) is 5.11 Å². The van der Waals surface area contributed by atoms with E-state index in [1.165, 1.54) is 0 Å². The van der Waals surface area contributed by atoms with E-state index in [1.54, 1.807) is 12.1 Å². The van der Waals surface area contributed by atoms with Crippen molar-refractivity contribution in [1.29, 1.82) is 0 Å². The lowest BCUT2D eigenvalue weighted by Crippen LogP contribution is -1.95. The highest BCUT2D eigenvalue weighted by Crippen LogP contribution is 2.25. The minimum absolute atomic E-state index is 0.185. The summed E-state index contributed by atoms with van der Waals surface area (Å²) < 4.78 is 1.00. The predicted molar refractivity (Wildman–Crippen MR) is 72.7 cm³/mol. The average Bonchev–Trinajstić information content (AvgIpc) is 2.93. The number of hydrogen-bond donors (Lipinski definition) is 3. The second-order valence-corrected chi connectivity index (χ2v) is 4.92. The van der Waals surface area contributed by atoms with Crippen LogP contribution in [0.15, 0.2) is 40.9 Å². The van der Waals surface area contributed by atoms with Gasteiger partial charge in [0.2, 0.25) is 0 Å². The Morgan fingerprint density at radius 1 is 1.06 bits per heavy atom. The van der Waals surface area contributed by atoms with Crippen molar-refractivity contribution in [3.63, 3.8) is 0 Å². The number of carboxylic acids is 1. The van der Waals surface area contributed by atoms with Crippen LogP contribution in [0.25, 0.3) is 22.3 Å². The van der Waals surface area contributed by atoms with Crippen LogP contribution >= 0.6 is 15.9 Å². The third-order valence-corrected chi connectivity index (χ3v) is 3.28. The molecule has 3 N–H and O–H groups in total. The number of carbonyl (C=O) groups is 1. The molecule has 90 valence electrons. The Bertz CT molecular complexity index is 742. The maximum atomic E-state index is 10.8. The Morgan fingerprint density at radius 2 is 1.89 bits per heavy atom. The third-order valence-electron chi connectivity index (χ3n) is 2.79. The summed E-state index contributed by atoms with van der Waals surface area (Å²) in [5.74, 6) is -0.958. The van der Waals surface area contributed by atoms with Gasteiger partial charge in [-0.05, 0) is 30.3 Å². The number of fused-ring (bicyclic) bond motifs is 1. The van der Waals surface area contributed by atoms with Crippen LogP contribution in [0.1, 0.15) is 10.5 Å². The van der Waals surface area contributed by atoms with Gasteiger partial charge in [0.05, 0.1) is 11.4 Å². The smallest absolute Gasteiger partial charge is 0.352 e. The van der Waals surface area contributed by atoms with Crippen LogP contribution in [0.2, 0.25) is 0 Å². The van der Waals surface area contributed by atoms with Crippen molar-refractivity contribution in [3.8, 4) is 11.4 Å². The van der Waals surface area contributed by atoms with Crippen LogP contribution in [0.4, 0.5) is 0 Å². The molecule has 18 heavy (non-hydrogen) atoms. The largest absolute Gasteiger partial charge is 0.477 e. The van der Waals surface area contributed by atoms with E-state index < -0.39 is 5.97 Å². The lowest BCUT2D eigenvalue weighted by Gasteiger charge is -1.92. The number of carboxylic acid groups (broad SMARTS) is 1. The van der Waals surface area contributed by atoms with Crippen molar-refractivity contribution in [1.82, 2.24) is 9.97 Å². The summed E-state index contributed by atoms with van der Waals surface area (Å²) in [6, 6.07) is 11.2. The van der Waals surface area contributed by atoms with Gasteiger partial charge in [0.1, 0.15) is 5.69 Å². The first-order valence-corrected chi connectivity index (χ1v) is 6.14. The molecule has 0 unspecified atom stereocenters. The van der Waals surface area contributed by atoms with Crippen molar-refractivity contribution in [3.05, 3.63) is 46.6 Å². The molecule has 1 aromatic carbocycles. The zero-order valence-electron chi connectivity index (χ0n) is 9.20. The molecule has 4 nitrogen and oxygen atoms in total. The van der Waals surface area contributed by atoms with Crippen molar-refractivity contribution >= 4 is 32.8 Å². The van der Waals surface area contributed by atoms with Crippen LogP contribution in [-0.4, -0.2) is 21.0 Å². The topological polar surface area (TPSA) is 68.9 Å². The monoisotopic (exact) mass is 304 g/mol. The number of halogens is 1. The zero-order valence-corrected chi connectivity index (χ0v) is 10.8. The van der Waals surface area contributed by atoms with E-state index in [0.29, 0.717) is 0 Å². The van der Waals surface area contributed by atoms with Crippen LogP contribution < -0.4 is 0 Å². The SMILES string of the molecule is O=C(O)c1ccc(-c2cc3ccc(Br)cc3[nH]2)[nH]1. The van der Waals surface area contributed by atoms with Crippen LogP contribution in [0.5, 0.6) is 0 Å². The summed E-state index contributed by atoms with van der Waals surface area (Å²) in [5.41, 5.74) is 2.83. The number of hydrogen-bond acceptors (Lipinski definition) is 1. The van der Waals surface area contributed by atoms with Gasteiger partial charge in [-0.25, -0.2) is 4.79 Å². The summed E-state index contributed by atoms with van der Waals surface area (Å²) in [4.78, 5) is 16.9. The maximum absolute atomic E-state index is 10.8. The fraction of sp³-hybridized carbons (Fsp3) is 0. The molecule has 0 fully saturated rings. The van der Waals surface area contributed by atoms with Crippen LogP contribution in [0, 0.1) is 0 Å². The van der Waals surface area contributed by atoms with E-state index >= 15 is 0 Å². The molecular weight excluding hydrogens is 296 g/mol. The Kier molecular flexibility index (Phi) is 2.48. The van der Waals surface area contributed by atoms with Crippen molar-refractivity contribution < 1.29 is 9.90 Å². The van der Waals surface area contributed by atoms with Gasteiger partial charge >= 0.3 is 5.97 Å². The molecule has 0 aliphatic rings. The molecule has 0 saturated heterocycles. The van der Waals surface area contributed by atoms with E-state index in [9.17, 15) is 4.79 Å². The standard InChI is InChI=1S/C13H9BrN2O2/c14-8-2-1-7-5-12(16-11(7)6-8)9-3-4-10(15-9)13(17)18/h1-6,15-16H,(H,17,18). The summed E-state index contributed by atoms with van der Waals surface area (Å²) in [5, 5.41) is 9.96. The first-order chi connectivity index (χ1) is 8.63. The molecule has 5 heteroatoms. The van der Waals surface area contributed by atoms with E-state index in [-0.39, 0.29) is 5.69 Å². The molecule has 0 spiro atoms. The highest BCUT2D eigenvalue weighted by Gasteiger charge is 2.09. The number of aromatic nitrogens is 2. The van der Waals surface area contributed by atoms with Gasteiger partial charge in [-0.3, -0.25) is 0 Å². The summed E-state index contributed by atoms with van der Waals surface area (Å²) >= 11 is 3.42. The summed E-state index contributed by atoms with van der Waals surface area (Å²) in [6.45, 7) is 0. The van der Waals surface area contributed by atoms with E-state index in [0.717, 1.165) is 26.8 Å². The molecule has 3 aromatic rings. The molecule has 0 radical (unpaired) electrons. The van der Waals surface area contributed by atoms with E-state index in [1.807, 2.05) is 24.3 Å². The summed E-state index contributed by atoms with van der Waals surface area (Å²) in [6.07, 6.45) is 0. The molecule has 0 aliphatic heterocycles. The lowest BCUT2D eigenvalue weighted by molar-refractivity contribution is 0.0691. The van der Waals surface area contributed by atoms with Gasteiger partial charge < -0.3 is 15.1 Å². The number of nitrogens with one attached hydrogen (secondary N) is 2. The normalized spacial score (nSPS) is 10.9. The third kappa shape index (κ3) is 1.82. The minimum atomic E-state index is -0.958. The minimum Gasteiger partial charge on any atom is -0.477 e. The Hall–Kier alpha value is -2.01. The first kappa shape index (κ1) is 11.1. The van der Waals surface area contributed by atoms with Gasteiger partial charge in [0.15, 0.2) is 0 Å². The number of aromatic carboxylic acids is 1. The molecule has 0 aliphatic carbocycles. The number of benzene rings is 1. The zero-order chi connectivity index (χ0) is 12.7. The summed E-state index contributed by atoms with van der Waals surface area (Å²) in [7, 11) is 0. The number of H-pyrrole nitrogens is 2. The molecule has 0 saturated carbocycles. The fourth-order valence-electron chi connectivity index (χ4n) is 1.92. The molecule has 0 bridgehead atoms.